The van der Waals surface area contributed by atoms with E-state index in [9.17, 15) is 9.59 Å². The molecule has 152 valence electrons. The lowest BCUT2D eigenvalue weighted by atomic mass is 10.2. The molecule has 0 radical (unpaired) electrons. The van der Waals surface area contributed by atoms with E-state index in [1.165, 1.54) is 7.05 Å². The minimum absolute atomic E-state index is 0.263. The Bertz CT molecular complexity index is 913. The van der Waals surface area contributed by atoms with Crippen molar-refractivity contribution in [1.82, 2.24) is 14.0 Å². The molecule has 1 aromatic heterocycles. The van der Waals surface area contributed by atoms with E-state index in [1.807, 2.05) is 24.3 Å². The molecule has 28 heavy (non-hydrogen) atoms. The number of piperazine rings is 1. The maximum atomic E-state index is 12.1. The Morgan fingerprint density at radius 1 is 1.00 bits per heavy atom. The fourth-order valence-corrected chi connectivity index (χ4v) is 3.46. The number of ether oxygens (including phenoxy) is 1. The SMILES string of the molecule is Cn1c(N2CCN(CCCCOc3cccc(N)c3)CC2)cc(=O)n(C)c1=O. The highest BCUT2D eigenvalue weighted by Gasteiger charge is 2.19. The fraction of sp³-hybridized carbons (Fsp3) is 0.500. The van der Waals surface area contributed by atoms with Crippen molar-refractivity contribution in [1.29, 1.82) is 0 Å². The normalized spacial score (nSPS) is 15.0. The molecule has 0 amide bonds. The highest BCUT2D eigenvalue weighted by Crippen LogP contribution is 2.15. The molecule has 0 bridgehead atoms. The summed E-state index contributed by atoms with van der Waals surface area (Å²) in [6, 6.07) is 9.04. The third-order valence-electron chi connectivity index (χ3n) is 5.19. The van der Waals surface area contributed by atoms with Crippen LogP contribution in [0.4, 0.5) is 11.5 Å². The zero-order chi connectivity index (χ0) is 20.1. The summed E-state index contributed by atoms with van der Waals surface area (Å²) in [5.41, 5.74) is 5.91. The fourth-order valence-electron chi connectivity index (χ4n) is 3.46. The molecule has 0 saturated carbocycles. The summed E-state index contributed by atoms with van der Waals surface area (Å²) in [5, 5.41) is 0. The summed E-state index contributed by atoms with van der Waals surface area (Å²) in [7, 11) is 3.21. The topological polar surface area (TPSA) is 85.7 Å². The summed E-state index contributed by atoms with van der Waals surface area (Å²) in [6.07, 6.45) is 2.05. The van der Waals surface area contributed by atoms with Gasteiger partial charge in [0.1, 0.15) is 11.6 Å². The molecule has 2 heterocycles. The van der Waals surface area contributed by atoms with E-state index in [2.05, 4.69) is 9.80 Å². The summed E-state index contributed by atoms with van der Waals surface area (Å²) >= 11 is 0. The van der Waals surface area contributed by atoms with Crippen LogP contribution in [-0.2, 0) is 14.1 Å². The van der Waals surface area contributed by atoms with Crippen molar-refractivity contribution < 1.29 is 4.74 Å². The van der Waals surface area contributed by atoms with Gasteiger partial charge in [-0.2, -0.15) is 0 Å². The van der Waals surface area contributed by atoms with Crippen LogP contribution in [0.2, 0.25) is 0 Å². The predicted molar refractivity (Wildman–Crippen MR) is 111 cm³/mol. The molecule has 1 aliphatic heterocycles. The van der Waals surface area contributed by atoms with Crippen molar-refractivity contribution >= 4 is 11.5 Å². The summed E-state index contributed by atoms with van der Waals surface area (Å²) in [4.78, 5) is 28.6. The molecule has 0 unspecified atom stereocenters. The number of anilines is 2. The van der Waals surface area contributed by atoms with Crippen LogP contribution in [0.1, 0.15) is 12.8 Å². The van der Waals surface area contributed by atoms with E-state index in [4.69, 9.17) is 10.5 Å². The van der Waals surface area contributed by atoms with Crippen LogP contribution >= 0.6 is 0 Å². The van der Waals surface area contributed by atoms with E-state index in [0.717, 1.165) is 55.9 Å². The first-order valence-corrected chi connectivity index (χ1v) is 9.68. The van der Waals surface area contributed by atoms with Crippen molar-refractivity contribution in [3.05, 3.63) is 51.2 Å². The maximum absolute atomic E-state index is 12.1. The van der Waals surface area contributed by atoms with Crippen LogP contribution in [0.25, 0.3) is 0 Å². The molecule has 1 aromatic carbocycles. The summed E-state index contributed by atoms with van der Waals surface area (Å²) in [6.45, 7) is 5.14. The van der Waals surface area contributed by atoms with E-state index >= 15 is 0 Å². The lowest BCUT2D eigenvalue weighted by Crippen LogP contribution is -2.49. The van der Waals surface area contributed by atoms with Gasteiger partial charge in [-0.25, -0.2) is 4.79 Å². The summed E-state index contributed by atoms with van der Waals surface area (Å²) < 4.78 is 8.40. The number of benzene rings is 1. The maximum Gasteiger partial charge on any atom is 0.332 e. The number of hydrogen-bond donors (Lipinski definition) is 1. The molecule has 2 N–H and O–H groups in total. The van der Waals surface area contributed by atoms with Crippen molar-refractivity contribution in [2.75, 3.05) is 50.0 Å². The van der Waals surface area contributed by atoms with Crippen LogP contribution in [0.5, 0.6) is 5.75 Å². The number of hydrogen-bond acceptors (Lipinski definition) is 6. The van der Waals surface area contributed by atoms with Crippen molar-refractivity contribution in [3.8, 4) is 5.75 Å². The van der Waals surface area contributed by atoms with Crippen LogP contribution in [0.15, 0.2) is 39.9 Å². The molecular formula is C20H29N5O3. The minimum atomic E-state index is -0.287. The lowest BCUT2D eigenvalue weighted by Gasteiger charge is -2.36. The number of unbranched alkanes of at least 4 members (excludes halogenated alkanes) is 1. The van der Waals surface area contributed by atoms with E-state index in [1.54, 1.807) is 17.7 Å². The van der Waals surface area contributed by atoms with Gasteiger partial charge < -0.3 is 15.4 Å². The van der Waals surface area contributed by atoms with E-state index in [0.29, 0.717) is 18.1 Å². The summed E-state index contributed by atoms with van der Waals surface area (Å²) in [5.74, 6) is 1.51. The van der Waals surface area contributed by atoms with Gasteiger partial charge in [-0.3, -0.25) is 18.8 Å². The molecule has 0 atom stereocenters. The molecule has 2 aromatic rings. The minimum Gasteiger partial charge on any atom is -0.494 e. The first-order chi connectivity index (χ1) is 13.5. The molecule has 8 heteroatoms. The van der Waals surface area contributed by atoms with Gasteiger partial charge in [-0.15, -0.1) is 0 Å². The van der Waals surface area contributed by atoms with Crippen LogP contribution in [0.3, 0.4) is 0 Å². The monoisotopic (exact) mass is 387 g/mol. The largest absolute Gasteiger partial charge is 0.494 e. The number of nitrogen functional groups attached to an aromatic ring is 1. The van der Waals surface area contributed by atoms with Crippen molar-refractivity contribution in [3.63, 3.8) is 0 Å². The van der Waals surface area contributed by atoms with Gasteiger partial charge in [-0.1, -0.05) is 6.07 Å². The molecule has 0 aliphatic carbocycles. The molecule has 1 saturated heterocycles. The van der Waals surface area contributed by atoms with E-state index in [-0.39, 0.29) is 11.2 Å². The molecule has 8 nitrogen and oxygen atoms in total. The zero-order valence-corrected chi connectivity index (χ0v) is 16.6. The van der Waals surface area contributed by atoms with Gasteiger partial charge in [-0.05, 0) is 31.5 Å². The Labute approximate surface area is 164 Å². The highest BCUT2D eigenvalue weighted by molar-refractivity contribution is 5.43. The van der Waals surface area contributed by atoms with Crippen LogP contribution < -0.4 is 26.6 Å². The smallest absolute Gasteiger partial charge is 0.332 e. The highest BCUT2D eigenvalue weighted by atomic mass is 16.5. The zero-order valence-electron chi connectivity index (χ0n) is 16.6. The number of nitrogens with zero attached hydrogens (tertiary/aromatic N) is 4. The standard InChI is InChI=1S/C20H29N5O3/c1-22-18(15-19(26)23(2)20(22)27)25-11-9-24(10-12-25)8-3-4-13-28-17-7-5-6-16(21)14-17/h5-7,14-15H,3-4,8-13,21H2,1-2H3. The Balaban J connectivity index is 1.41. The Hall–Kier alpha value is -2.74. The lowest BCUT2D eigenvalue weighted by molar-refractivity contribution is 0.237. The average molecular weight is 387 g/mol. The third-order valence-corrected chi connectivity index (χ3v) is 5.19. The van der Waals surface area contributed by atoms with Crippen LogP contribution in [-0.4, -0.2) is 53.4 Å². The van der Waals surface area contributed by atoms with Gasteiger partial charge in [0.05, 0.1) is 6.61 Å². The molecule has 1 fully saturated rings. The third kappa shape index (κ3) is 4.75. The number of nitrogens with two attached hydrogens (primary N) is 1. The first kappa shape index (κ1) is 20.0. The molecule has 3 rings (SSSR count). The van der Waals surface area contributed by atoms with Crippen molar-refractivity contribution in [2.45, 2.75) is 12.8 Å². The van der Waals surface area contributed by atoms with Gasteiger partial charge in [0.2, 0.25) is 0 Å². The second-order valence-electron chi connectivity index (χ2n) is 7.20. The molecule has 0 spiro atoms. The van der Waals surface area contributed by atoms with Gasteiger partial charge in [0.15, 0.2) is 0 Å². The Kier molecular flexibility index (Phi) is 6.41. The first-order valence-electron chi connectivity index (χ1n) is 9.68. The Morgan fingerprint density at radius 3 is 2.46 bits per heavy atom. The van der Waals surface area contributed by atoms with Gasteiger partial charge in [0, 0.05) is 58.1 Å². The average Bonchev–Trinajstić information content (AvgIpc) is 2.69. The number of aromatic nitrogens is 2. The molecule has 1 aliphatic rings. The van der Waals surface area contributed by atoms with Gasteiger partial charge in [0.25, 0.3) is 5.56 Å². The Morgan fingerprint density at radius 2 is 1.75 bits per heavy atom. The second-order valence-corrected chi connectivity index (χ2v) is 7.20. The molecular weight excluding hydrogens is 358 g/mol. The van der Waals surface area contributed by atoms with E-state index < -0.39 is 0 Å². The number of rotatable bonds is 7. The second kappa shape index (κ2) is 8.97. The predicted octanol–water partition coefficient (Wildman–Crippen LogP) is 0.647. The van der Waals surface area contributed by atoms with Crippen molar-refractivity contribution in [2.24, 2.45) is 14.1 Å². The van der Waals surface area contributed by atoms with Crippen LogP contribution in [0, 0.1) is 0 Å². The van der Waals surface area contributed by atoms with Gasteiger partial charge >= 0.3 is 5.69 Å². The quantitative estimate of drug-likeness (QED) is 0.555.